The van der Waals surface area contributed by atoms with Gasteiger partial charge in [0.25, 0.3) is 0 Å². The third kappa shape index (κ3) is 2.05. The lowest BCUT2D eigenvalue weighted by atomic mass is 9.81. The number of nitrogens with zero attached hydrogens (tertiary/aromatic N) is 1. The van der Waals surface area contributed by atoms with Crippen LogP contribution in [0.1, 0.15) is 33.1 Å². The second-order valence-corrected chi connectivity index (χ2v) is 7.67. The van der Waals surface area contributed by atoms with E-state index in [-0.39, 0.29) is 16.7 Å². The van der Waals surface area contributed by atoms with Crippen LogP contribution < -0.4 is 5.73 Å². The van der Waals surface area contributed by atoms with Gasteiger partial charge in [-0.2, -0.15) is 0 Å². The molecule has 15 heavy (non-hydrogen) atoms. The molecule has 0 amide bonds. The molecule has 0 radical (unpaired) electrons. The largest absolute Gasteiger partial charge is 0.327 e. The van der Waals surface area contributed by atoms with Gasteiger partial charge in [-0.15, -0.1) is 0 Å². The Morgan fingerprint density at radius 2 is 1.87 bits per heavy atom. The van der Waals surface area contributed by atoms with E-state index in [1.807, 2.05) is 13.8 Å². The minimum Gasteiger partial charge on any atom is -0.327 e. The number of rotatable bonds is 2. The van der Waals surface area contributed by atoms with Crippen molar-refractivity contribution in [2.24, 2.45) is 11.1 Å². The standard InChI is InChI=1S/C10H20N2O2S/c1-10(2)7-12(6-5-9(10)11)15(13,14)8-3-4-8/h8-9H,3-7,11H2,1-2H3. The van der Waals surface area contributed by atoms with Gasteiger partial charge in [0.05, 0.1) is 5.25 Å². The molecule has 0 bridgehead atoms. The van der Waals surface area contributed by atoms with Crippen molar-refractivity contribution >= 4 is 10.0 Å². The average molecular weight is 232 g/mol. The van der Waals surface area contributed by atoms with Gasteiger partial charge in [-0.1, -0.05) is 13.8 Å². The quantitative estimate of drug-likeness (QED) is 0.755. The molecule has 1 aliphatic carbocycles. The molecule has 2 N–H and O–H groups in total. The zero-order valence-electron chi connectivity index (χ0n) is 9.44. The molecule has 4 nitrogen and oxygen atoms in total. The molecule has 0 aromatic heterocycles. The molecule has 2 fully saturated rings. The molecular formula is C10H20N2O2S. The van der Waals surface area contributed by atoms with E-state index in [9.17, 15) is 8.42 Å². The van der Waals surface area contributed by atoms with Crippen LogP contribution in [0.4, 0.5) is 0 Å². The molecule has 1 atom stereocenters. The van der Waals surface area contributed by atoms with Crippen LogP contribution in [0.5, 0.6) is 0 Å². The first-order valence-electron chi connectivity index (χ1n) is 5.58. The maximum Gasteiger partial charge on any atom is 0.217 e. The van der Waals surface area contributed by atoms with E-state index in [4.69, 9.17) is 5.73 Å². The van der Waals surface area contributed by atoms with Gasteiger partial charge in [-0.05, 0) is 24.7 Å². The normalized spacial score (nSPS) is 32.9. The Morgan fingerprint density at radius 3 is 2.33 bits per heavy atom. The summed E-state index contributed by atoms with van der Waals surface area (Å²) in [5, 5.41) is -0.0948. The fourth-order valence-electron chi connectivity index (χ4n) is 2.12. The highest BCUT2D eigenvalue weighted by atomic mass is 32.2. The highest BCUT2D eigenvalue weighted by molar-refractivity contribution is 7.90. The van der Waals surface area contributed by atoms with Crippen molar-refractivity contribution in [2.75, 3.05) is 13.1 Å². The fourth-order valence-corrected chi connectivity index (χ4v) is 4.14. The summed E-state index contributed by atoms with van der Waals surface area (Å²) >= 11 is 0. The van der Waals surface area contributed by atoms with Crippen LogP contribution in [0.3, 0.4) is 0 Å². The first kappa shape index (κ1) is 11.4. The lowest BCUT2D eigenvalue weighted by Crippen LogP contribution is -2.54. The van der Waals surface area contributed by atoms with Crippen LogP contribution >= 0.6 is 0 Å². The van der Waals surface area contributed by atoms with Crippen LogP contribution in [0.15, 0.2) is 0 Å². The minimum absolute atomic E-state index is 0.0948. The van der Waals surface area contributed by atoms with Gasteiger partial charge in [-0.3, -0.25) is 0 Å². The Hall–Kier alpha value is -0.130. The van der Waals surface area contributed by atoms with E-state index in [1.165, 1.54) is 0 Å². The molecular weight excluding hydrogens is 212 g/mol. The fraction of sp³-hybridized carbons (Fsp3) is 1.00. The van der Waals surface area contributed by atoms with Crippen molar-refractivity contribution in [1.29, 1.82) is 0 Å². The lowest BCUT2D eigenvalue weighted by Gasteiger charge is -2.41. The first-order chi connectivity index (χ1) is 6.84. The summed E-state index contributed by atoms with van der Waals surface area (Å²) in [5.74, 6) is 0. The summed E-state index contributed by atoms with van der Waals surface area (Å²) in [5.41, 5.74) is 5.89. The highest BCUT2D eigenvalue weighted by Gasteiger charge is 2.44. The third-order valence-corrected chi connectivity index (χ3v) is 5.93. The number of piperidine rings is 1. The maximum absolute atomic E-state index is 12.0. The summed E-state index contributed by atoms with van der Waals surface area (Å²) in [4.78, 5) is 0. The monoisotopic (exact) mass is 232 g/mol. The summed E-state index contributed by atoms with van der Waals surface area (Å²) in [6.07, 6.45) is 2.45. The van der Waals surface area contributed by atoms with E-state index in [2.05, 4.69) is 0 Å². The Kier molecular flexibility index (Phi) is 2.60. The maximum atomic E-state index is 12.0. The van der Waals surface area contributed by atoms with E-state index in [1.54, 1.807) is 4.31 Å². The van der Waals surface area contributed by atoms with Crippen LogP contribution in [-0.4, -0.2) is 37.1 Å². The second kappa shape index (κ2) is 3.43. The van der Waals surface area contributed by atoms with Crippen LogP contribution in [0, 0.1) is 5.41 Å². The molecule has 1 unspecified atom stereocenters. The van der Waals surface area contributed by atoms with Crippen molar-refractivity contribution in [2.45, 2.75) is 44.4 Å². The minimum atomic E-state index is -3.01. The van der Waals surface area contributed by atoms with Gasteiger partial charge in [-0.25, -0.2) is 12.7 Å². The van der Waals surface area contributed by atoms with Crippen molar-refractivity contribution in [3.8, 4) is 0 Å². The van der Waals surface area contributed by atoms with Crippen molar-refractivity contribution < 1.29 is 8.42 Å². The Labute approximate surface area is 91.9 Å². The molecule has 0 spiro atoms. The smallest absolute Gasteiger partial charge is 0.217 e. The van der Waals surface area contributed by atoms with Crippen molar-refractivity contribution in [3.05, 3.63) is 0 Å². The Morgan fingerprint density at radius 1 is 1.27 bits per heavy atom. The molecule has 1 saturated heterocycles. The summed E-state index contributed by atoms with van der Waals surface area (Å²) < 4.78 is 25.7. The van der Waals surface area contributed by atoms with Crippen LogP contribution in [-0.2, 0) is 10.0 Å². The molecule has 2 rings (SSSR count). The van der Waals surface area contributed by atoms with Gasteiger partial charge in [0.15, 0.2) is 0 Å². The van der Waals surface area contributed by atoms with E-state index >= 15 is 0 Å². The zero-order valence-corrected chi connectivity index (χ0v) is 10.3. The van der Waals surface area contributed by atoms with Crippen molar-refractivity contribution in [3.63, 3.8) is 0 Å². The average Bonchev–Trinajstić information content (AvgIpc) is 2.92. The van der Waals surface area contributed by atoms with Crippen LogP contribution in [0.25, 0.3) is 0 Å². The SMILES string of the molecule is CC1(C)CN(S(=O)(=O)C2CC2)CCC1N. The van der Waals surface area contributed by atoms with E-state index < -0.39 is 10.0 Å². The van der Waals surface area contributed by atoms with Gasteiger partial charge in [0.1, 0.15) is 0 Å². The molecule has 0 aromatic carbocycles. The lowest BCUT2D eigenvalue weighted by molar-refractivity contribution is 0.155. The molecule has 2 aliphatic rings. The van der Waals surface area contributed by atoms with Crippen LogP contribution in [0.2, 0.25) is 0 Å². The van der Waals surface area contributed by atoms with Gasteiger partial charge in [0.2, 0.25) is 10.0 Å². The summed E-state index contributed by atoms with van der Waals surface area (Å²) in [6, 6.07) is 0.114. The van der Waals surface area contributed by atoms with Gasteiger partial charge >= 0.3 is 0 Å². The summed E-state index contributed by atoms with van der Waals surface area (Å²) in [6.45, 7) is 5.27. The van der Waals surface area contributed by atoms with Crippen molar-refractivity contribution in [1.82, 2.24) is 4.31 Å². The topological polar surface area (TPSA) is 63.4 Å². The van der Waals surface area contributed by atoms with Gasteiger partial charge in [0, 0.05) is 19.1 Å². The predicted octanol–water partition coefficient (Wildman–Crippen LogP) is 0.538. The third-order valence-electron chi connectivity index (χ3n) is 3.58. The molecule has 1 aliphatic heterocycles. The highest BCUT2D eigenvalue weighted by Crippen LogP contribution is 2.36. The second-order valence-electron chi connectivity index (χ2n) is 5.46. The Balaban J connectivity index is 2.12. The van der Waals surface area contributed by atoms with E-state index in [0.29, 0.717) is 13.1 Å². The molecule has 0 aromatic rings. The number of hydrogen-bond donors (Lipinski definition) is 1. The molecule has 5 heteroatoms. The zero-order chi connectivity index (χ0) is 11.3. The molecule has 88 valence electrons. The van der Waals surface area contributed by atoms with Gasteiger partial charge < -0.3 is 5.73 Å². The molecule has 1 saturated carbocycles. The number of nitrogens with two attached hydrogens (primary N) is 1. The number of sulfonamides is 1. The first-order valence-corrected chi connectivity index (χ1v) is 7.09. The summed E-state index contributed by atoms with van der Waals surface area (Å²) in [7, 11) is -3.01. The Bertz CT molecular complexity index is 346. The molecule has 1 heterocycles. The number of hydrogen-bond acceptors (Lipinski definition) is 3. The van der Waals surface area contributed by atoms with E-state index in [0.717, 1.165) is 19.3 Å². The predicted molar refractivity (Wildman–Crippen MR) is 59.9 cm³/mol.